The molecule has 0 bridgehead atoms. The summed E-state index contributed by atoms with van der Waals surface area (Å²) in [5.74, 6) is 0.496. The highest BCUT2D eigenvalue weighted by molar-refractivity contribution is 5.32. The fraction of sp³-hybridized carbons (Fsp3) is 0.300. The molecule has 1 aromatic heterocycles. The van der Waals surface area contributed by atoms with Crippen molar-refractivity contribution >= 4 is 0 Å². The van der Waals surface area contributed by atoms with Gasteiger partial charge in [0.1, 0.15) is 0 Å². The Morgan fingerprint density at radius 3 is 2.24 bits per heavy atom. The molecule has 0 unspecified atom stereocenters. The van der Waals surface area contributed by atoms with Gasteiger partial charge in [-0.2, -0.15) is 0 Å². The lowest BCUT2D eigenvalue weighted by molar-refractivity contribution is 0.689. The number of allylic oxidation sites excluding steroid dienone is 2. The van der Waals surface area contributed by atoms with Crippen LogP contribution in [0.4, 0.5) is 0 Å². The molecule has 0 aliphatic carbocycles. The van der Waals surface area contributed by atoms with Crippen molar-refractivity contribution in [3.63, 3.8) is 0 Å². The van der Waals surface area contributed by atoms with Crippen molar-refractivity contribution in [1.82, 2.24) is 4.57 Å². The second-order valence-corrected chi connectivity index (χ2v) is 5.64. The second-order valence-electron chi connectivity index (χ2n) is 5.64. The lowest BCUT2D eigenvalue weighted by atomic mass is 9.92. The predicted molar refractivity (Wildman–Crippen MR) is 91.8 cm³/mol. The normalized spacial score (nSPS) is 10.8. The molecule has 110 valence electrons. The number of aryl methyl sites for hydroxylation is 1. The molecular formula is C20H25N. The van der Waals surface area contributed by atoms with E-state index in [9.17, 15) is 0 Å². The van der Waals surface area contributed by atoms with Crippen LogP contribution in [-0.4, -0.2) is 4.57 Å². The molecule has 0 aliphatic rings. The Hall–Kier alpha value is -2.02. The minimum atomic E-state index is 0.496. The van der Waals surface area contributed by atoms with Crippen LogP contribution >= 0.6 is 0 Å². The van der Waals surface area contributed by atoms with Gasteiger partial charge in [0.15, 0.2) is 0 Å². The van der Waals surface area contributed by atoms with Gasteiger partial charge in [-0.3, -0.25) is 0 Å². The van der Waals surface area contributed by atoms with E-state index in [1.54, 1.807) is 0 Å². The molecule has 1 heteroatoms. The summed E-state index contributed by atoms with van der Waals surface area (Å²) in [4.78, 5) is 0. The van der Waals surface area contributed by atoms with Crippen molar-refractivity contribution in [1.29, 1.82) is 0 Å². The molecule has 2 aromatic rings. The van der Waals surface area contributed by atoms with Crippen molar-refractivity contribution in [3.05, 3.63) is 84.2 Å². The van der Waals surface area contributed by atoms with Gasteiger partial charge in [0.25, 0.3) is 0 Å². The van der Waals surface area contributed by atoms with Gasteiger partial charge in [-0.05, 0) is 49.8 Å². The first kappa shape index (κ1) is 15.4. The van der Waals surface area contributed by atoms with Gasteiger partial charge in [0, 0.05) is 17.9 Å². The molecule has 1 heterocycles. The first-order valence-corrected chi connectivity index (χ1v) is 7.59. The molecular weight excluding hydrogens is 254 g/mol. The zero-order valence-electron chi connectivity index (χ0n) is 13.2. The summed E-state index contributed by atoms with van der Waals surface area (Å²) in [6, 6.07) is 13.0. The molecule has 0 saturated carbocycles. The fourth-order valence-electron chi connectivity index (χ4n) is 3.00. The van der Waals surface area contributed by atoms with E-state index in [1.165, 1.54) is 22.5 Å². The lowest BCUT2D eigenvalue weighted by Crippen LogP contribution is -2.05. The molecule has 0 radical (unpaired) electrons. The lowest BCUT2D eigenvalue weighted by Gasteiger charge is -2.15. The third-order valence-corrected chi connectivity index (χ3v) is 4.14. The van der Waals surface area contributed by atoms with Crippen LogP contribution < -0.4 is 0 Å². The number of aromatic nitrogens is 1. The third kappa shape index (κ3) is 3.55. The largest absolute Gasteiger partial charge is 0.345 e. The van der Waals surface area contributed by atoms with E-state index in [2.05, 4.69) is 68.0 Å². The van der Waals surface area contributed by atoms with E-state index < -0.39 is 0 Å². The minimum Gasteiger partial charge on any atom is -0.345 e. The van der Waals surface area contributed by atoms with Crippen molar-refractivity contribution in [2.45, 2.75) is 39.2 Å². The first-order chi connectivity index (χ1) is 10.2. The zero-order chi connectivity index (χ0) is 15.2. The Labute approximate surface area is 128 Å². The average molecular weight is 279 g/mol. The van der Waals surface area contributed by atoms with E-state index in [-0.39, 0.29) is 0 Å². The van der Waals surface area contributed by atoms with Crippen molar-refractivity contribution in [2.24, 2.45) is 0 Å². The highest BCUT2D eigenvalue weighted by Gasteiger charge is 2.16. The molecule has 2 rings (SSSR count). The molecule has 0 saturated heterocycles. The van der Waals surface area contributed by atoms with E-state index in [0.717, 1.165) is 19.4 Å². The van der Waals surface area contributed by atoms with Crippen LogP contribution in [0.3, 0.4) is 0 Å². The maximum atomic E-state index is 3.89. The second kappa shape index (κ2) is 7.12. The third-order valence-electron chi connectivity index (χ3n) is 4.14. The molecule has 0 N–H and O–H groups in total. The van der Waals surface area contributed by atoms with Crippen LogP contribution in [-0.2, 0) is 6.54 Å². The zero-order valence-corrected chi connectivity index (χ0v) is 13.2. The molecule has 0 atom stereocenters. The summed E-state index contributed by atoms with van der Waals surface area (Å²) in [6.45, 7) is 13.1. The Kier molecular flexibility index (Phi) is 5.21. The quantitative estimate of drug-likeness (QED) is 0.599. The smallest absolute Gasteiger partial charge is 0.0475 e. The van der Waals surface area contributed by atoms with Crippen LogP contribution in [0.15, 0.2) is 61.7 Å². The highest BCUT2D eigenvalue weighted by Crippen LogP contribution is 2.30. The van der Waals surface area contributed by atoms with Gasteiger partial charge in [-0.1, -0.05) is 42.5 Å². The van der Waals surface area contributed by atoms with Crippen LogP contribution in [0.5, 0.6) is 0 Å². The standard InChI is InChI=1S/C20H25N/c1-5-10-19(11-6-2)20-14-16(3)21(17(20)4)15-18-12-8-7-9-13-18/h5-9,12-14,19H,1-2,10-11,15H2,3-4H3. The molecule has 0 amide bonds. The molecule has 0 fully saturated rings. The van der Waals surface area contributed by atoms with E-state index in [1.807, 2.05) is 12.2 Å². The van der Waals surface area contributed by atoms with Crippen LogP contribution in [0.1, 0.15) is 41.3 Å². The van der Waals surface area contributed by atoms with Gasteiger partial charge in [0.2, 0.25) is 0 Å². The van der Waals surface area contributed by atoms with Crippen LogP contribution in [0.25, 0.3) is 0 Å². The van der Waals surface area contributed by atoms with E-state index in [4.69, 9.17) is 0 Å². The average Bonchev–Trinajstić information content (AvgIpc) is 2.76. The number of rotatable bonds is 7. The van der Waals surface area contributed by atoms with Gasteiger partial charge >= 0.3 is 0 Å². The van der Waals surface area contributed by atoms with Crippen molar-refractivity contribution < 1.29 is 0 Å². The summed E-state index contributed by atoms with van der Waals surface area (Å²) in [7, 11) is 0. The summed E-state index contributed by atoms with van der Waals surface area (Å²) in [6.07, 6.45) is 6.03. The number of benzene rings is 1. The molecule has 0 spiro atoms. The Morgan fingerprint density at radius 1 is 1.05 bits per heavy atom. The van der Waals surface area contributed by atoms with Gasteiger partial charge in [-0.25, -0.2) is 0 Å². The predicted octanol–water partition coefficient (Wildman–Crippen LogP) is 5.39. The monoisotopic (exact) mass is 279 g/mol. The highest BCUT2D eigenvalue weighted by atomic mass is 15.0. The fourth-order valence-corrected chi connectivity index (χ4v) is 3.00. The van der Waals surface area contributed by atoms with Gasteiger partial charge in [0.05, 0.1) is 0 Å². The summed E-state index contributed by atoms with van der Waals surface area (Å²) in [5, 5.41) is 0. The summed E-state index contributed by atoms with van der Waals surface area (Å²) >= 11 is 0. The topological polar surface area (TPSA) is 4.93 Å². The maximum absolute atomic E-state index is 3.89. The minimum absolute atomic E-state index is 0.496. The Bertz CT molecular complexity index is 594. The van der Waals surface area contributed by atoms with Gasteiger partial charge in [-0.15, -0.1) is 13.2 Å². The summed E-state index contributed by atoms with van der Waals surface area (Å²) in [5.41, 5.74) is 5.47. The SMILES string of the molecule is C=CCC(CC=C)c1cc(C)n(Cc2ccccc2)c1C. The maximum Gasteiger partial charge on any atom is 0.0475 e. The van der Waals surface area contributed by atoms with Crippen LogP contribution in [0, 0.1) is 13.8 Å². The number of hydrogen-bond acceptors (Lipinski definition) is 0. The van der Waals surface area contributed by atoms with Gasteiger partial charge < -0.3 is 4.57 Å². The van der Waals surface area contributed by atoms with Crippen molar-refractivity contribution in [3.8, 4) is 0 Å². The van der Waals surface area contributed by atoms with Crippen LogP contribution in [0.2, 0.25) is 0 Å². The molecule has 1 aromatic carbocycles. The Morgan fingerprint density at radius 2 is 1.67 bits per heavy atom. The summed E-state index contributed by atoms with van der Waals surface area (Å²) < 4.78 is 2.41. The molecule has 1 nitrogen and oxygen atoms in total. The van der Waals surface area contributed by atoms with E-state index >= 15 is 0 Å². The number of hydrogen-bond donors (Lipinski definition) is 0. The molecule has 0 aliphatic heterocycles. The molecule has 21 heavy (non-hydrogen) atoms. The first-order valence-electron chi connectivity index (χ1n) is 7.59. The number of nitrogens with zero attached hydrogens (tertiary/aromatic N) is 1. The van der Waals surface area contributed by atoms with E-state index in [0.29, 0.717) is 5.92 Å². The van der Waals surface area contributed by atoms with Crippen molar-refractivity contribution in [2.75, 3.05) is 0 Å². The Balaban J connectivity index is 2.32.